The number of rotatable bonds is 10. The van der Waals surface area contributed by atoms with Crippen LogP contribution in [0.4, 0.5) is 11.4 Å². The second-order valence-electron chi connectivity index (χ2n) is 9.84. The Morgan fingerprint density at radius 2 is 1.16 bits per heavy atom. The highest BCUT2D eigenvalue weighted by Gasteiger charge is 2.26. The molecule has 2 aromatic carbocycles. The maximum Gasteiger partial charge on any atom is 0.251 e. The number of carbonyl (C=O) groups excluding carboxylic acids is 2. The van der Waals surface area contributed by atoms with Gasteiger partial charge in [-0.25, -0.2) is 15.0 Å². The zero-order valence-electron chi connectivity index (χ0n) is 22.2. The lowest BCUT2D eigenvalue weighted by atomic mass is 10.1. The summed E-state index contributed by atoms with van der Waals surface area (Å²) in [5.74, 6) is 1.28. The summed E-state index contributed by atoms with van der Waals surface area (Å²) in [6.07, 6.45) is 6.30. The standard InChI is InChI=1S/C29H35N7O2/c1-3-5-7-13-35-26(37)18-30-28(35)32-22-11-9-20-15-21-10-12-23(17-25(21)34-24(20)16-22)33-29-31-19-27(38)36(29)14-8-6-4-2/h9-12,15-17H,3-8,13-14,18-19H2,1-2H3,(H,30,32)(H,31,33). The summed E-state index contributed by atoms with van der Waals surface area (Å²) >= 11 is 0. The molecule has 9 nitrogen and oxygen atoms in total. The van der Waals surface area contributed by atoms with Crippen LogP contribution in [0, 0.1) is 0 Å². The van der Waals surface area contributed by atoms with Crippen LogP contribution in [-0.2, 0) is 9.59 Å². The first-order chi connectivity index (χ1) is 18.6. The normalized spacial score (nSPS) is 15.5. The Morgan fingerprint density at radius 1 is 0.684 bits per heavy atom. The Bertz CT molecular complexity index is 1310. The number of nitrogens with one attached hydrogen (secondary N) is 2. The molecule has 3 aromatic rings. The Kier molecular flexibility index (Phi) is 7.81. The van der Waals surface area contributed by atoms with Gasteiger partial charge in [-0.3, -0.25) is 19.4 Å². The van der Waals surface area contributed by atoms with E-state index in [9.17, 15) is 9.59 Å². The number of unbranched alkanes of at least 4 members (excludes halogenated alkanes) is 4. The monoisotopic (exact) mass is 513 g/mol. The van der Waals surface area contributed by atoms with Crippen LogP contribution in [0.1, 0.15) is 52.4 Å². The minimum atomic E-state index is 0.0334. The quantitative estimate of drug-likeness (QED) is 0.294. The fourth-order valence-electron chi connectivity index (χ4n) is 4.81. The zero-order valence-corrected chi connectivity index (χ0v) is 22.2. The third kappa shape index (κ3) is 5.61. The summed E-state index contributed by atoms with van der Waals surface area (Å²) in [6, 6.07) is 14.1. The summed E-state index contributed by atoms with van der Waals surface area (Å²) in [5.41, 5.74) is 3.37. The number of benzene rings is 2. The summed E-state index contributed by atoms with van der Waals surface area (Å²) in [6.45, 7) is 6.03. The van der Waals surface area contributed by atoms with Crippen molar-refractivity contribution < 1.29 is 9.59 Å². The maximum absolute atomic E-state index is 12.3. The third-order valence-corrected chi connectivity index (χ3v) is 6.94. The van der Waals surface area contributed by atoms with Crippen LogP contribution in [0.3, 0.4) is 0 Å². The van der Waals surface area contributed by atoms with Crippen LogP contribution >= 0.6 is 0 Å². The fraction of sp³-hybridized carbons (Fsp3) is 0.414. The van der Waals surface area contributed by atoms with E-state index in [1.54, 1.807) is 9.80 Å². The number of aromatic nitrogens is 1. The third-order valence-electron chi connectivity index (χ3n) is 6.94. The van der Waals surface area contributed by atoms with Crippen LogP contribution in [0.15, 0.2) is 52.4 Å². The highest BCUT2D eigenvalue weighted by molar-refractivity contribution is 6.10. The molecule has 0 bridgehead atoms. The van der Waals surface area contributed by atoms with Gasteiger partial charge in [-0.2, -0.15) is 0 Å². The highest BCUT2D eigenvalue weighted by Crippen LogP contribution is 2.26. The van der Waals surface area contributed by atoms with Gasteiger partial charge in [0.05, 0.1) is 11.0 Å². The van der Waals surface area contributed by atoms with E-state index in [1.165, 1.54) is 0 Å². The van der Waals surface area contributed by atoms with Crippen molar-refractivity contribution in [3.8, 4) is 0 Å². The minimum absolute atomic E-state index is 0.0334. The first-order valence-electron chi connectivity index (χ1n) is 13.6. The van der Waals surface area contributed by atoms with Gasteiger partial charge in [-0.15, -0.1) is 0 Å². The number of fused-ring (bicyclic) bond motifs is 2. The van der Waals surface area contributed by atoms with E-state index in [0.717, 1.165) is 71.7 Å². The number of nitrogens with zero attached hydrogens (tertiary/aromatic N) is 5. The first kappa shape index (κ1) is 25.6. The summed E-state index contributed by atoms with van der Waals surface area (Å²) in [5, 5.41) is 8.71. The molecule has 2 N–H and O–H groups in total. The molecule has 38 heavy (non-hydrogen) atoms. The molecule has 0 fully saturated rings. The fourth-order valence-corrected chi connectivity index (χ4v) is 4.81. The van der Waals surface area contributed by atoms with Gasteiger partial charge >= 0.3 is 0 Å². The van der Waals surface area contributed by atoms with E-state index < -0.39 is 0 Å². The number of guanidine groups is 2. The van der Waals surface area contributed by atoms with E-state index in [2.05, 4.69) is 40.5 Å². The Labute approximate surface area is 223 Å². The number of hydrogen-bond donors (Lipinski definition) is 2. The van der Waals surface area contributed by atoms with Crippen LogP contribution in [0.2, 0.25) is 0 Å². The van der Waals surface area contributed by atoms with E-state index in [-0.39, 0.29) is 24.9 Å². The molecule has 0 spiro atoms. The van der Waals surface area contributed by atoms with Crippen LogP contribution in [0.25, 0.3) is 21.8 Å². The largest absolute Gasteiger partial charge is 0.326 e. The van der Waals surface area contributed by atoms with Gasteiger partial charge in [-0.05, 0) is 43.2 Å². The molecule has 0 aliphatic carbocycles. The molecule has 0 atom stereocenters. The van der Waals surface area contributed by atoms with Crippen molar-refractivity contribution in [1.29, 1.82) is 0 Å². The van der Waals surface area contributed by atoms with Gasteiger partial charge < -0.3 is 10.6 Å². The number of pyridine rings is 1. The highest BCUT2D eigenvalue weighted by atomic mass is 16.2. The van der Waals surface area contributed by atoms with E-state index >= 15 is 0 Å². The smallest absolute Gasteiger partial charge is 0.251 e. The number of amides is 2. The molecule has 2 aliphatic rings. The molecular weight excluding hydrogens is 478 g/mol. The second kappa shape index (κ2) is 11.6. The number of carbonyl (C=O) groups is 2. The number of anilines is 2. The van der Waals surface area contributed by atoms with E-state index in [0.29, 0.717) is 25.0 Å². The maximum atomic E-state index is 12.3. The van der Waals surface area contributed by atoms with Gasteiger partial charge in [-0.1, -0.05) is 51.7 Å². The lowest BCUT2D eigenvalue weighted by Gasteiger charge is -2.19. The van der Waals surface area contributed by atoms with Crippen molar-refractivity contribution in [2.75, 3.05) is 36.8 Å². The van der Waals surface area contributed by atoms with Crippen molar-refractivity contribution in [2.45, 2.75) is 52.4 Å². The van der Waals surface area contributed by atoms with Gasteiger partial charge in [0.25, 0.3) is 11.8 Å². The van der Waals surface area contributed by atoms with E-state index in [1.807, 2.05) is 36.4 Å². The molecule has 2 amide bonds. The molecule has 0 radical (unpaired) electrons. The molecule has 9 heteroatoms. The molecular formula is C29H35N7O2. The van der Waals surface area contributed by atoms with Gasteiger partial charge in [0, 0.05) is 35.2 Å². The zero-order chi connectivity index (χ0) is 26.5. The molecule has 0 saturated heterocycles. The average molecular weight is 514 g/mol. The molecule has 5 rings (SSSR count). The first-order valence-corrected chi connectivity index (χ1v) is 13.6. The predicted molar refractivity (Wildman–Crippen MR) is 154 cm³/mol. The number of aliphatic imine (C=N–C) groups is 2. The number of hydrogen-bond acceptors (Lipinski definition) is 7. The average Bonchev–Trinajstić information content (AvgIpc) is 3.44. The summed E-state index contributed by atoms with van der Waals surface area (Å²) in [4.78, 5) is 41.8. The topological polar surface area (TPSA) is 102 Å². The van der Waals surface area contributed by atoms with Crippen LogP contribution in [-0.4, -0.2) is 64.7 Å². The molecule has 0 saturated carbocycles. The SMILES string of the molecule is CCCCCN1C(=O)CN=C1Nc1ccc2cc3ccc(NC4=NCC(=O)N4CCCCC)cc3nc2c1. The minimum Gasteiger partial charge on any atom is -0.326 e. The van der Waals surface area contributed by atoms with E-state index in [4.69, 9.17) is 4.98 Å². The Morgan fingerprint density at radius 3 is 1.61 bits per heavy atom. The Hall–Kier alpha value is -4.01. The van der Waals surface area contributed by atoms with Crippen molar-refractivity contribution in [2.24, 2.45) is 9.98 Å². The van der Waals surface area contributed by atoms with Crippen LogP contribution in [0.5, 0.6) is 0 Å². The van der Waals surface area contributed by atoms with Gasteiger partial charge in [0.15, 0.2) is 0 Å². The van der Waals surface area contributed by atoms with Gasteiger partial charge in [0.2, 0.25) is 11.9 Å². The summed E-state index contributed by atoms with van der Waals surface area (Å²) < 4.78 is 0. The molecule has 1 aromatic heterocycles. The van der Waals surface area contributed by atoms with Crippen molar-refractivity contribution in [3.05, 3.63) is 42.5 Å². The molecule has 198 valence electrons. The van der Waals surface area contributed by atoms with Crippen molar-refractivity contribution in [3.63, 3.8) is 0 Å². The lowest BCUT2D eigenvalue weighted by Crippen LogP contribution is -2.37. The Balaban J connectivity index is 1.33. The van der Waals surface area contributed by atoms with Crippen LogP contribution < -0.4 is 10.6 Å². The molecule has 2 aliphatic heterocycles. The second-order valence-corrected chi connectivity index (χ2v) is 9.84. The predicted octanol–water partition coefficient (Wildman–Crippen LogP) is 4.99. The lowest BCUT2D eigenvalue weighted by molar-refractivity contribution is -0.125. The summed E-state index contributed by atoms with van der Waals surface area (Å²) in [7, 11) is 0. The molecule has 0 unspecified atom stereocenters. The van der Waals surface area contributed by atoms with Crippen molar-refractivity contribution in [1.82, 2.24) is 14.8 Å². The van der Waals surface area contributed by atoms with Gasteiger partial charge in [0.1, 0.15) is 13.1 Å². The molecule has 3 heterocycles. The van der Waals surface area contributed by atoms with Crippen molar-refractivity contribution >= 4 is 56.9 Å².